The number of anilines is 1. The first-order valence-corrected chi connectivity index (χ1v) is 19.4. The molecule has 0 radical (unpaired) electrons. The van der Waals surface area contributed by atoms with Crippen LogP contribution in [-0.2, 0) is 9.73 Å². The van der Waals surface area contributed by atoms with Gasteiger partial charge in [0.1, 0.15) is 0 Å². The van der Waals surface area contributed by atoms with Crippen LogP contribution in [0.1, 0.15) is 70.7 Å². The van der Waals surface area contributed by atoms with Crippen molar-refractivity contribution in [1.82, 2.24) is 4.98 Å². The lowest BCUT2D eigenvalue weighted by atomic mass is 10.1. The van der Waals surface area contributed by atoms with Crippen LogP contribution in [-0.4, -0.2) is 39.9 Å². The summed E-state index contributed by atoms with van der Waals surface area (Å²) < 4.78 is 23.7. The van der Waals surface area contributed by atoms with Crippen LogP contribution in [0, 0.1) is 18.8 Å². The van der Waals surface area contributed by atoms with Gasteiger partial charge in [0.2, 0.25) is 0 Å². The number of benzene rings is 2. The molecule has 0 saturated carbocycles. The average Bonchev–Trinajstić information content (AvgIpc) is 3.44. The second-order valence-corrected chi connectivity index (χ2v) is 18.9. The number of nitrogens with zero attached hydrogens (tertiary/aromatic N) is 2. The minimum Gasteiger partial charge on any atom is -0.459 e. The summed E-state index contributed by atoms with van der Waals surface area (Å²) in [5.74, 6) is 5.55. The molecular formula is C35H39N3O5SSi. The van der Waals surface area contributed by atoms with Gasteiger partial charge in [-0.3, -0.25) is 14.6 Å². The summed E-state index contributed by atoms with van der Waals surface area (Å²) in [5, 5.41) is 2.62. The van der Waals surface area contributed by atoms with Crippen molar-refractivity contribution in [2.75, 3.05) is 11.1 Å². The Hall–Kier alpha value is -4.30. The number of hydrogen-bond donors (Lipinski definition) is 2. The summed E-state index contributed by atoms with van der Waals surface area (Å²) in [6.07, 6.45) is 6.56. The molecule has 0 saturated heterocycles. The maximum Gasteiger partial charge on any atom is 0.291 e. The number of unbranched alkanes of at least 4 members (excludes halogenated alkanes) is 1. The fourth-order valence-electron chi connectivity index (χ4n) is 4.44. The number of aromatic nitrogens is 1. The standard InChI is InChI=1S/C35H39N3O5SSi/c1-26-18-20-43-32(26)34(40)37-30-13-11-12-27(23-30)16-17-28-22-29(25-36-24-28)33(39)38-44(41,31-14-7-6-8-15-31)21-10-9-19-35(2,3)45(4,5)42/h6-8,11-15,18,20,22-25,42H,9-10,19,21H2,1-5H3,(H,37,40)/t44-/m0/s1. The topological polar surface area (TPSA) is 122 Å². The number of rotatable bonds is 10. The quantitative estimate of drug-likeness (QED) is 0.105. The van der Waals surface area contributed by atoms with E-state index in [4.69, 9.17) is 4.42 Å². The van der Waals surface area contributed by atoms with Crippen LogP contribution in [0.3, 0.4) is 0 Å². The van der Waals surface area contributed by atoms with E-state index in [1.165, 1.54) is 18.7 Å². The van der Waals surface area contributed by atoms with Gasteiger partial charge in [0.05, 0.1) is 21.6 Å². The SMILES string of the molecule is Cc1ccoc1C(=O)Nc1cccc(C#Cc2cncc(C(=O)N=[S@](=O)(CCCCC(C)(C)[Si](C)(C)O)c3ccccc3)c2)c1. The van der Waals surface area contributed by atoms with E-state index in [2.05, 4.69) is 40.4 Å². The molecule has 4 aromatic rings. The van der Waals surface area contributed by atoms with Gasteiger partial charge in [0.15, 0.2) is 14.1 Å². The van der Waals surface area contributed by atoms with Crippen LogP contribution in [0.5, 0.6) is 0 Å². The highest BCUT2D eigenvalue weighted by atomic mass is 32.2. The Bertz CT molecular complexity index is 1860. The number of pyridine rings is 1. The third-order valence-electron chi connectivity index (χ3n) is 8.00. The van der Waals surface area contributed by atoms with Gasteiger partial charge in [0, 0.05) is 45.4 Å². The molecule has 2 heterocycles. The molecule has 0 aliphatic carbocycles. The van der Waals surface area contributed by atoms with Gasteiger partial charge in [-0.2, -0.15) is 4.36 Å². The number of carbonyl (C=O) groups excluding carboxylic acids is 2. The first-order valence-electron chi connectivity index (χ1n) is 14.8. The lowest BCUT2D eigenvalue weighted by Crippen LogP contribution is -2.38. The molecule has 234 valence electrons. The molecule has 2 N–H and O–H groups in total. The summed E-state index contributed by atoms with van der Waals surface area (Å²) in [4.78, 5) is 41.2. The smallest absolute Gasteiger partial charge is 0.291 e. The minimum atomic E-state index is -3.05. The van der Waals surface area contributed by atoms with E-state index < -0.39 is 24.0 Å². The van der Waals surface area contributed by atoms with Crippen molar-refractivity contribution in [2.24, 2.45) is 4.36 Å². The van der Waals surface area contributed by atoms with Gasteiger partial charge in [-0.25, -0.2) is 4.21 Å². The molecule has 2 aromatic carbocycles. The molecule has 8 nitrogen and oxygen atoms in total. The van der Waals surface area contributed by atoms with Crippen molar-refractivity contribution >= 4 is 35.5 Å². The van der Waals surface area contributed by atoms with Gasteiger partial charge < -0.3 is 14.5 Å². The molecule has 0 fully saturated rings. The number of nitrogens with one attached hydrogen (secondary N) is 1. The molecule has 45 heavy (non-hydrogen) atoms. The van der Waals surface area contributed by atoms with Crippen molar-refractivity contribution < 1.29 is 23.0 Å². The van der Waals surface area contributed by atoms with Crippen molar-refractivity contribution in [3.63, 3.8) is 0 Å². The van der Waals surface area contributed by atoms with E-state index in [9.17, 15) is 18.6 Å². The van der Waals surface area contributed by atoms with E-state index >= 15 is 0 Å². The molecule has 4 rings (SSSR count). The van der Waals surface area contributed by atoms with E-state index in [0.717, 1.165) is 18.4 Å². The molecule has 2 amide bonds. The molecule has 0 aliphatic rings. The van der Waals surface area contributed by atoms with Gasteiger partial charge in [-0.05, 0) is 80.4 Å². The Morgan fingerprint density at radius 3 is 2.42 bits per heavy atom. The molecule has 0 aliphatic heterocycles. The molecule has 2 aromatic heterocycles. The Morgan fingerprint density at radius 1 is 1.00 bits per heavy atom. The zero-order chi connectivity index (χ0) is 32.7. The average molecular weight is 642 g/mol. The third kappa shape index (κ3) is 8.88. The van der Waals surface area contributed by atoms with Crippen molar-refractivity contribution in [1.29, 1.82) is 0 Å². The second kappa shape index (κ2) is 14.2. The molecule has 10 heteroatoms. The molecule has 0 spiro atoms. The second-order valence-electron chi connectivity index (χ2n) is 12.1. The Balaban J connectivity index is 1.51. The minimum absolute atomic E-state index is 0.185. The fraction of sp³-hybridized carbons (Fsp3) is 0.286. The van der Waals surface area contributed by atoms with Crippen molar-refractivity contribution in [3.8, 4) is 11.8 Å². The first kappa shape index (κ1) is 33.6. The highest BCUT2D eigenvalue weighted by molar-refractivity contribution is 7.94. The maximum absolute atomic E-state index is 14.2. The number of carbonyl (C=O) groups is 2. The van der Waals surface area contributed by atoms with Crippen LogP contribution >= 0.6 is 0 Å². The van der Waals surface area contributed by atoms with Crippen LogP contribution in [0.4, 0.5) is 5.69 Å². The molecular weight excluding hydrogens is 603 g/mol. The Labute approximate surface area is 266 Å². The molecule has 1 atom stereocenters. The highest BCUT2D eigenvalue weighted by Gasteiger charge is 2.37. The normalized spacial score (nSPS) is 12.8. The zero-order valence-electron chi connectivity index (χ0n) is 26.3. The number of hydrogen-bond acceptors (Lipinski definition) is 6. The maximum atomic E-state index is 14.2. The molecule has 0 bridgehead atoms. The van der Waals surface area contributed by atoms with E-state index in [1.807, 2.05) is 19.2 Å². The Kier molecular flexibility index (Phi) is 10.6. The summed E-state index contributed by atoms with van der Waals surface area (Å²) in [7, 11) is -5.41. The van der Waals surface area contributed by atoms with Crippen LogP contribution < -0.4 is 5.32 Å². The summed E-state index contributed by atoms with van der Waals surface area (Å²) in [6, 6.07) is 19.2. The lowest BCUT2D eigenvalue weighted by molar-refractivity contribution is 0.0991. The summed E-state index contributed by atoms with van der Waals surface area (Å²) >= 11 is 0. The predicted octanol–water partition coefficient (Wildman–Crippen LogP) is 7.45. The van der Waals surface area contributed by atoms with Crippen molar-refractivity contribution in [3.05, 3.63) is 113 Å². The highest BCUT2D eigenvalue weighted by Crippen LogP contribution is 2.40. The third-order valence-corrected chi connectivity index (χ3v) is 13.9. The van der Waals surface area contributed by atoms with Gasteiger partial charge >= 0.3 is 0 Å². The summed E-state index contributed by atoms with van der Waals surface area (Å²) in [5.41, 5.74) is 2.62. The molecule has 0 unspecified atom stereocenters. The summed E-state index contributed by atoms with van der Waals surface area (Å²) in [6.45, 7) is 9.80. The van der Waals surface area contributed by atoms with Crippen molar-refractivity contribution in [2.45, 2.75) is 63.1 Å². The van der Waals surface area contributed by atoms with Gasteiger partial charge in [-0.1, -0.05) is 56.4 Å². The number of aryl methyl sites for hydroxylation is 1. The number of amides is 2. The van der Waals surface area contributed by atoms with E-state index in [1.54, 1.807) is 67.6 Å². The fourth-order valence-corrected chi connectivity index (χ4v) is 7.22. The van der Waals surface area contributed by atoms with Crippen LogP contribution in [0.2, 0.25) is 18.1 Å². The van der Waals surface area contributed by atoms with Gasteiger partial charge in [-0.15, -0.1) is 0 Å². The predicted molar refractivity (Wildman–Crippen MR) is 180 cm³/mol. The monoisotopic (exact) mass is 641 g/mol. The van der Waals surface area contributed by atoms with Crippen LogP contribution in [0.15, 0.2) is 99.1 Å². The van der Waals surface area contributed by atoms with Crippen LogP contribution in [0.25, 0.3) is 0 Å². The van der Waals surface area contributed by atoms with E-state index in [0.29, 0.717) is 28.1 Å². The first-order chi connectivity index (χ1) is 21.3. The zero-order valence-corrected chi connectivity index (χ0v) is 28.1. The number of furan rings is 1. The largest absolute Gasteiger partial charge is 0.459 e. The van der Waals surface area contributed by atoms with Gasteiger partial charge in [0.25, 0.3) is 11.8 Å². The Morgan fingerprint density at radius 2 is 1.73 bits per heavy atom. The van der Waals surface area contributed by atoms with E-state index in [-0.39, 0.29) is 28.0 Å². The lowest BCUT2D eigenvalue weighted by Gasteiger charge is -2.35.